The van der Waals surface area contributed by atoms with Gasteiger partial charge in [0.15, 0.2) is 11.9 Å². The maximum Gasteiger partial charge on any atom is 0.307 e. The third-order valence-electron chi connectivity index (χ3n) is 4.19. The Balaban J connectivity index is 1.86. The van der Waals surface area contributed by atoms with E-state index in [1.165, 1.54) is 13.0 Å². The molecule has 0 saturated carbocycles. The van der Waals surface area contributed by atoms with Gasteiger partial charge in [0, 0.05) is 17.7 Å². The van der Waals surface area contributed by atoms with E-state index in [0.29, 0.717) is 16.8 Å². The minimum atomic E-state index is -1.02. The van der Waals surface area contributed by atoms with Crippen LogP contribution in [-0.4, -0.2) is 23.8 Å². The van der Waals surface area contributed by atoms with Gasteiger partial charge in [-0.1, -0.05) is 23.8 Å². The highest BCUT2D eigenvalue weighted by molar-refractivity contribution is 5.99. The maximum atomic E-state index is 12.3. The van der Waals surface area contributed by atoms with Gasteiger partial charge in [0.25, 0.3) is 5.91 Å². The number of Topliss-reactive ketones (excluding diaryl/α,β-unsaturated/α-hetero) is 1. The lowest BCUT2D eigenvalue weighted by atomic mass is 9.99. The molecule has 6 nitrogen and oxygen atoms in total. The maximum absolute atomic E-state index is 12.3. The van der Waals surface area contributed by atoms with E-state index in [1.54, 1.807) is 24.3 Å². The molecule has 28 heavy (non-hydrogen) atoms. The van der Waals surface area contributed by atoms with E-state index in [2.05, 4.69) is 5.32 Å². The molecule has 1 N–H and O–H groups in total. The summed E-state index contributed by atoms with van der Waals surface area (Å²) in [7, 11) is 0. The average molecular weight is 378 g/mol. The van der Waals surface area contributed by atoms with Crippen LogP contribution in [-0.2, 0) is 14.3 Å². The first-order valence-electron chi connectivity index (χ1n) is 8.91. The fourth-order valence-electron chi connectivity index (χ4n) is 2.61. The summed E-state index contributed by atoms with van der Waals surface area (Å²) < 4.78 is 5.11. The molecule has 1 amide bonds. The normalized spacial score (nSPS) is 11.2. The fraction of sp³-hybridized carbons (Fsp3) is 0.273. The monoisotopic (exact) mass is 378 g/mol. The van der Waals surface area contributed by atoms with E-state index < -0.39 is 18.0 Å². The zero-order valence-corrected chi connectivity index (χ0v) is 16.1. The minimum Gasteiger partial charge on any atom is -0.453 e. The Bertz CT molecular complexity index is 944. The van der Waals surface area contributed by atoms with Crippen LogP contribution < -0.4 is 5.32 Å². The quantitative estimate of drug-likeness (QED) is 0.585. The highest BCUT2D eigenvalue weighted by atomic mass is 16.5. The van der Waals surface area contributed by atoms with E-state index in [1.807, 2.05) is 32.0 Å². The summed E-state index contributed by atoms with van der Waals surface area (Å²) in [5, 5.41) is 11.5. The summed E-state index contributed by atoms with van der Waals surface area (Å²) in [5.41, 5.74) is 3.28. The summed E-state index contributed by atoms with van der Waals surface area (Å²) in [5.74, 6) is -1.26. The number of amides is 1. The largest absolute Gasteiger partial charge is 0.453 e. The predicted molar refractivity (Wildman–Crippen MR) is 105 cm³/mol. The number of carbonyl (C=O) groups is 3. The highest BCUT2D eigenvalue weighted by Gasteiger charge is 2.19. The van der Waals surface area contributed by atoms with Gasteiger partial charge in [-0.25, -0.2) is 0 Å². The Kier molecular flexibility index (Phi) is 7.05. The lowest BCUT2D eigenvalue weighted by Gasteiger charge is -2.13. The molecule has 0 unspecified atom stereocenters. The number of ether oxygens (including phenoxy) is 1. The Morgan fingerprint density at radius 1 is 1.11 bits per heavy atom. The number of nitrogens with zero attached hydrogens (tertiary/aromatic N) is 1. The number of carbonyl (C=O) groups excluding carboxylic acids is 3. The predicted octanol–water partition coefficient (Wildman–Crippen LogP) is 3.71. The summed E-state index contributed by atoms with van der Waals surface area (Å²) >= 11 is 0. The van der Waals surface area contributed by atoms with E-state index >= 15 is 0 Å². The van der Waals surface area contributed by atoms with Gasteiger partial charge < -0.3 is 10.1 Å². The molecular formula is C22H22N2O4. The van der Waals surface area contributed by atoms with Gasteiger partial charge in [-0.2, -0.15) is 5.26 Å². The third-order valence-corrected chi connectivity index (χ3v) is 4.19. The van der Waals surface area contributed by atoms with Gasteiger partial charge in [0.2, 0.25) is 0 Å². The van der Waals surface area contributed by atoms with Crippen LogP contribution in [0.2, 0.25) is 0 Å². The van der Waals surface area contributed by atoms with Crippen LogP contribution in [0.3, 0.4) is 0 Å². The van der Waals surface area contributed by atoms with Crippen molar-refractivity contribution in [2.24, 2.45) is 0 Å². The number of esters is 1. The van der Waals surface area contributed by atoms with Crippen LogP contribution in [0.4, 0.5) is 5.69 Å². The second kappa shape index (κ2) is 9.47. The first kappa shape index (κ1) is 20.8. The Morgan fingerprint density at radius 2 is 1.86 bits per heavy atom. The van der Waals surface area contributed by atoms with Gasteiger partial charge in [-0.3, -0.25) is 14.4 Å². The summed E-state index contributed by atoms with van der Waals surface area (Å²) in [6.07, 6.45) is -1.11. The molecule has 0 aliphatic heterocycles. The molecule has 6 heteroatoms. The molecule has 2 aromatic rings. The standard InChI is InChI=1S/C22H22N2O4/c1-14-7-8-15(2)19(11-14)20(25)9-10-21(26)28-16(3)22(27)24-18-6-4-5-17(12-18)13-23/h4-8,11-12,16H,9-10H2,1-3H3,(H,24,27)/t16-/m0/s1. The van der Waals surface area contributed by atoms with Crippen LogP contribution >= 0.6 is 0 Å². The Morgan fingerprint density at radius 3 is 2.57 bits per heavy atom. The summed E-state index contributed by atoms with van der Waals surface area (Å²) in [6, 6.07) is 14.0. The molecule has 0 aliphatic carbocycles. The molecule has 0 aliphatic rings. The van der Waals surface area contributed by atoms with E-state index in [-0.39, 0.29) is 18.6 Å². The number of rotatable bonds is 7. The Labute approximate surface area is 164 Å². The van der Waals surface area contributed by atoms with Crippen LogP contribution in [0.25, 0.3) is 0 Å². The molecule has 0 radical (unpaired) electrons. The lowest BCUT2D eigenvalue weighted by molar-refractivity contribution is -0.153. The van der Waals surface area contributed by atoms with Gasteiger partial charge in [-0.05, 0) is 50.6 Å². The van der Waals surface area contributed by atoms with Gasteiger partial charge in [0.05, 0.1) is 18.1 Å². The number of hydrogen-bond donors (Lipinski definition) is 1. The molecule has 0 heterocycles. The van der Waals surface area contributed by atoms with Crippen molar-refractivity contribution in [3.63, 3.8) is 0 Å². The van der Waals surface area contributed by atoms with Crippen molar-refractivity contribution in [3.8, 4) is 6.07 Å². The van der Waals surface area contributed by atoms with E-state index in [9.17, 15) is 14.4 Å². The van der Waals surface area contributed by atoms with Crippen molar-refractivity contribution >= 4 is 23.3 Å². The van der Waals surface area contributed by atoms with E-state index in [4.69, 9.17) is 10.00 Å². The zero-order chi connectivity index (χ0) is 20.7. The van der Waals surface area contributed by atoms with Crippen LogP contribution in [0.5, 0.6) is 0 Å². The van der Waals surface area contributed by atoms with Crippen molar-refractivity contribution < 1.29 is 19.1 Å². The van der Waals surface area contributed by atoms with Crippen LogP contribution in [0.1, 0.15) is 46.8 Å². The second-order valence-corrected chi connectivity index (χ2v) is 6.56. The number of aryl methyl sites for hydroxylation is 2. The third kappa shape index (κ3) is 5.78. The fourth-order valence-corrected chi connectivity index (χ4v) is 2.61. The molecule has 0 aromatic heterocycles. The SMILES string of the molecule is Cc1ccc(C)c(C(=O)CCC(=O)O[C@@H](C)C(=O)Nc2cccc(C#N)c2)c1. The number of nitrogens with one attached hydrogen (secondary N) is 1. The second-order valence-electron chi connectivity index (χ2n) is 6.56. The summed E-state index contributed by atoms with van der Waals surface area (Å²) in [6.45, 7) is 5.20. The van der Waals surface area contributed by atoms with Crippen molar-refractivity contribution in [2.45, 2.75) is 39.7 Å². The van der Waals surface area contributed by atoms with Crippen molar-refractivity contribution in [3.05, 3.63) is 64.7 Å². The zero-order valence-electron chi connectivity index (χ0n) is 16.1. The average Bonchev–Trinajstić information content (AvgIpc) is 2.68. The number of benzene rings is 2. The molecule has 2 aromatic carbocycles. The smallest absolute Gasteiger partial charge is 0.307 e. The number of nitriles is 1. The highest BCUT2D eigenvalue weighted by Crippen LogP contribution is 2.15. The van der Waals surface area contributed by atoms with Crippen LogP contribution in [0, 0.1) is 25.2 Å². The summed E-state index contributed by atoms with van der Waals surface area (Å²) in [4.78, 5) is 36.5. The minimum absolute atomic E-state index is 0.0156. The topological polar surface area (TPSA) is 96.3 Å². The van der Waals surface area contributed by atoms with Crippen LogP contribution in [0.15, 0.2) is 42.5 Å². The van der Waals surface area contributed by atoms with Crippen molar-refractivity contribution in [1.29, 1.82) is 5.26 Å². The Hall–Kier alpha value is -3.46. The molecule has 0 bridgehead atoms. The van der Waals surface area contributed by atoms with Gasteiger partial charge in [0.1, 0.15) is 0 Å². The first-order chi connectivity index (χ1) is 13.3. The van der Waals surface area contributed by atoms with E-state index in [0.717, 1.165) is 11.1 Å². The molecule has 0 spiro atoms. The van der Waals surface area contributed by atoms with Crippen molar-refractivity contribution in [2.75, 3.05) is 5.32 Å². The van der Waals surface area contributed by atoms with Crippen molar-refractivity contribution in [1.82, 2.24) is 0 Å². The molecule has 0 saturated heterocycles. The molecule has 144 valence electrons. The molecule has 0 fully saturated rings. The number of anilines is 1. The molecular weight excluding hydrogens is 356 g/mol. The van der Waals surface area contributed by atoms with Gasteiger partial charge >= 0.3 is 5.97 Å². The number of hydrogen-bond acceptors (Lipinski definition) is 5. The molecule has 2 rings (SSSR count). The first-order valence-corrected chi connectivity index (χ1v) is 8.91. The number of ketones is 1. The molecule has 1 atom stereocenters. The lowest BCUT2D eigenvalue weighted by Crippen LogP contribution is -2.30. The van der Waals surface area contributed by atoms with Gasteiger partial charge in [-0.15, -0.1) is 0 Å².